The topological polar surface area (TPSA) is 123 Å². The first kappa shape index (κ1) is 30.3. The Balaban J connectivity index is 0.000000909. The van der Waals surface area contributed by atoms with Crippen molar-refractivity contribution in [3.05, 3.63) is 59.8 Å². The normalized spacial score (nSPS) is 18.0. The summed E-state index contributed by atoms with van der Waals surface area (Å²) in [6.07, 6.45) is 6.08. The lowest BCUT2D eigenvalue weighted by Gasteiger charge is -2.28. The largest absolute Gasteiger partial charge is 0.460 e. The highest BCUT2D eigenvalue weighted by Crippen LogP contribution is 2.24. The van der Waals surface area contributed by atoms with E-state index >= 15 is 0 Å². The van der Waals surface area contributed by atoms with Gasteiger partial charge in [0, 0.05) is 38.2 Å². The Morgan fingerprint density at radius 1 is 1.27 bits per heavy atom. The van der Waals surface area contributed by atoms with Gasteiger partial charge >= 0.3 is 6.01 Å². The van der Waals surface area contributed by atoms with Gasteiger partial charge in [-0.2, -0.15) is 19.6 Å². The van der Waals surface area contributed by atoms with Gasteiger partial charge < -0.3 is 25.0 Å². The van der Waals surface area contributed by atoms with Crippen molar-refractivity contribution in [2.75, 3.05) is 45.2 Å². The van der Waals surface area contributed by atoms with E-state index in [0.29, 0.717) is 51.0 Å². The third kappa shape index (κ3) is 8.42. The van der Waals surface area contributed by atoms with E-state index in [1.54, 1.807) is 4.52 Å². The number of ether oxygens (including phenoxy) is 2. The summed E-state index contributed by atoms with van der Waals surface area (Å²) in [7, 11) is 2.13. The van der Waals surface area contributed by atoms with Crippen LogP contribution in [0.25, 0.3) is 5.65 Å². The number of carbonyl (C=O) groups is 2. The fourth-order valence-electron chi connectivity index (χ4n) is 4.83. The van der Waals surface area contributed by atoms with Crippen LogP contribution < -0.4 is 15.4 Å². The lowest BCUT2D eigenvalue weighted by atomic mass is 10.0. The first-order valence-electron chi connectivity index (χ1n) is 14.2. The number of nitrogens with zero attached hydrogens (tertiary/aromatic N) is 5. The molecule has 1 aromatic carbocycles. The molecule has 0 bridgehead atoms. The molecule has 2 aromatic heterocycles. The van der Waals surface area contributed by atoms with Crippen LogP contribution >= 0.6 is 0 Å². The van der Waals surface area contributed by atoms with Crippen molar-refractivity contribution in [1.82, 2.24) is 29.8 Å². The van der Waals surface area contributed by atoms with E-state index in [-0.39, 0.29) is 23.8 Å². The molecule has 2 N–H and O–H groups in total. The number of rotatable bonds is 10. The van der Waals surface area contributed by atoms with Crippen LogP contribution in [0, 0.1) is 0 Å². The number of anilines is 1. The number of hydrogen-bond acceptors (Lipinski definition) is 10. The smallest absolute Gasteiger partial charge is 0.322 e. The van der Waals surface area contributed by atoms with Crippen molar-refractivity contribution in [3.8, 4) is 6.01 Å². The fourth-order valence-corrected chi connectivity index (χ4v) is 4.83. The number of morpholine rings is 1. The number of hydrogen-bond donors (Lipinski definition) is 2. The van der Waals surface area contributed by atoms with Crippen molar-refractivity contribution < 1.29 is 19.1 Å². The number of Topliss-reactive ketones (excluding diaryl/α,β-unsaturated/α-hetero) is 1. The van der Waals surface area contributed by atoms with Gasteiger partial charge in [-0.05, 0) is 43.0 Å². The highest BCUT2D eigenvalue weighted by atomic mass is 16.5. The third-order valence-corrected chi connectivity index (χ3v) is 7.16. The number of likely N-dealkylation sites (tertiary alicyclic amines) is 1. The number of benzene rings is 1. The molecular weight excluding hydrogens is 522 g/mol. The van der Waals surface area contributed by atoms with Crippen LogP contribution in [0.1, 0.15) is 49.3 Å². The molecule has 1 unspecified atom stereocenters. The molecule has 0 amide bonds. The van der Waals surface area contributed by atoms with Crippen molar-refractivity contribution >= 4 is 23.7 Å². The molecule has 3 aromatic rings. The monoisotopic (exact) mass is 563 g/mol. The van der Waals surface area contributed by atoms with Gasteiger partial charge in [0.15, 0.2) is 11.4 Å². The summed E-state index contributed by atoms with van der Waals surface area (Å²) >= 11 is 0. The highest BCUT2D eigenvalue weighted by molar-refractivity contribution is 5.86. The Labute approximate surface area is 241 Å². The second-order valence-electron chi connectivity index (χ2n) is 10.7. The molecule has 0 spiro atoms. The van der Waals surface area contributed by atoms with Gasteiger partial charge in [0.1, 0.15) is 12.4 Å². The minimum absolute atomic E-state index is 0.107. The Kier molecular flexibility index (Phi) is 10.9. The van der Waals surface area contributed by atoms with Crippen LogP contribution in [0.5, 0.6) is 6.01 Å². The summed E-state index contributed by atoms with van der Waals surface area (Å²) in [5.41, 5.74) is 3.85. The van der Waals surface area contributed by atoms with E-state index in [9.17, 15) is 4.79 Å². The van der Waals surface area contributed by atoms with Gasteiger partial charge in [0.05, 0.1) is 25.5 Å². The second kappa shape index (κ2) is 14.8. The lowest BCUT2D eigenvalue weighted by molar-refractivity contribution is -0.123. The van der Waals surface area contributed by atoms with Gasteiger partial charge in [0.2, 0.25) is 5.95 Å². The minimum Gasteiger partial charge on any atom is -0.460 e. The Bertz CT molecular complexity index is 1310. The Hall–Kier alpha value is -3.67. The maximum atomic E-state index is 12.7. The van der Waals surface area contributed by atoms with Gasteiger partial charge in [-0.1, -0.05) is 44.7 Å². The number of fused-ring (bicyclic) bond motifs is 1. The molecule has 0 radical (unpaired) electrons. The lowest BCUT2D eigenvalue weighted by Crippen LogP contribution is -2.47. The summed E-state index contributed by atoms with van der Waals surface area (Å²) in [5, 5.41) is 11.2. The van der Waals surface area contributed by atoms with E-state index in [0.717, 1.165) is 48.3 Å². The third-order valence-electron chi connectivity index (χ3n) is 7.16. The van der Waals surface area contributed by atoms with E-state index in [4.69, 9.17) is 24.2 Å². The molecule has 2 aliphatic rings. The molecule has 41 heavy (non-hydrogen) atoms. The molecule has 4 heterocycles. The number of allylic oxidation sites excluding steroid dienone is 1. The summed E-state index contributed by atoms with van der Waals surface area (Å²) in [4.78, 5) is 33.5. The molecule has 1 atom stereocenters. The van der Waals surface area contributed by atoms with Crippen molar-refractivity contribution in [2.45, 2.75) is 57.7 Å². The molecular formula is C30H41N7O4. The van der Waals surface area contributed by atoms with Gasteiger partial charge in [-0.25, -0.2) is 0 Å². The first-order chi connectivity index (χ1) is 19.9. The SMILES string of the molecule is C=CC=O.CC(C)c1cnn2c(NCc3cccc(CC(=O)C4COCCN4)c3)nc(OC3CCN(C)CC3)nc12. The average molecular weight is 564 g/mol. The van der Waals surface area contributed by atoms with E-state index in [1.807, 2.05) is 24.4 Å². The van der Waals surface area contributed by atoms with Gasteiger partial charge in [-0.3, -0.25) is 9.59 Å². The molecule has 11 heteroatoms. The van der Waals surface area contributed by atoms with Gasteiger partial charge in [-0.15, -0.1) is 0 Å². The fraction of sp³-hybridized carbons (Fsp3) is 0.500. The molecule has 5 rings (SSSR count). The molecule has 2 aliphatic heterocycles. The van der Waals surface area contributed by atoms with E-state index in [1.165, 1.54) is 6.08 Å². The predicted molar refractivity (Wildman–Crippen MR) is 157 cm³/mol. The number of aromatic nitrogens is 4. The molecule has 0 saturated carbocycles. The number of ketones is 1. The molecule has 220 valence electrons. The molecule has 11 nitrogen and oxygen atoms in total. The number of carbonyl (C=O) groups excluding carboxylic acids is 2. The minimum atomic E-state index is -0.234. The highest BCUT2D eigenvalue weighted by Gasteiger charge is 2.23. The van der Waals surface area contributed by atoms with Crippen molar-refractivity contribution in [2.24, 2.45) is 0 Å². The molecule has 0 aliphatic carbocycles. The Morgan fingerprint density at radius 2 is 2.02 bits per heavy atom. The van der Waals surface area contributed by atoms with Crippen LogP contribution in [-0.2, 0) is 27.3 Å². The van der Waals surface area contributed by atoms with Crippen molar-refractivity contribution in [3.63, 3.8) is 0 Å². The first-order valence-corrected chi connectivity index (χ1v) is 14.2. The second-order valence-corrected chi connectivity index (χ2v) is 10.7. The predicted octanol–water partition coefficient (Wildman–Crippen LogP) is 2.80. The van der Waals surface area contributed by atoms with Crippen molar-refractivity contribution in [1.29, 1.82) is 0 Å². The van der Waals surface area contributed by atoms with Crippen LogP contribution in [0.15, 0.2) is 43.1 Å². The Morgan fingerprint density at radius 3 is 2.71 bits per heavy atom. The average Bonchev–Trinajstić information content (AvgIpc) is 3.42. The molecule has 2 fully saturated rings. The summed E-state index contributed by atoms with van der Waals surface area (Å²) < 4.78 is 13.4. The summed E-state index contributed by atoms with van der Waals surface area (Å²) in [6, 6.07) is 8.23. The quantitative estimate of drug-likeness (QED) is 0.281. The molecule has 2 saturated heterocycles. The maximum Gasteiger partial charge on any atom is 0.322 e. The zero-order chi connectivity index (χ0) is 29.2. The summed E-state index contributed by atoms with van der Waals surface area (Å²) in [5.74, 6) is 1.01. The number of nitrogens with one attached hydrogen (secondary N) is 2. The standard InChI is InChI=1S/C27H37N7O3.C3H4O/c1-18(2)22-16-30-34-25(22)31-27(37-21-7-10-33(3)11-8-21)32-26(34)29-15-20-6-4-5-19(13-20)14-24(35)23-17-36-12-9-28-23;1-2-3-4/h4-6,13,16,18,21,23,28H,7-12,14-15,17H2,1-3H3,(H,29,31,32);2-3H,1H2. The summed E-state index contributed by atoms with van der Waals surface area (Å²) in [6.45, 7) is 11.7. The van der Waals surface area contributed by atoms with E-state index in [2.05, 4.69) is 54.2 Å². The zero-order valence-corrected chi connectivity index (χ0v) is 24.2. The van der Waals surface area contributed by atoms with E-state index < -0.39 is 0 Å². The zero-order valence-electron chi connectivity index (χ0n) is 24.2. The number of aldehydes is 1. The van der Waals surface area contributed by atoms with Crippen LogP contribution in [-0.4, -0.2) is 88.6 Å². The number of piperidine rings is 1. The van der Waals surface area contributed by atoms with Gasteiger partial charge in [0.25, 0.3) is 0 Å². The maximum absolute atomic E-state index is 12.7. The van der Waals surface area contributed by atoms with Crippen LogP contribution in [0.3, 0.4) is 0 Å². The van der Waals surface area contributed by atoms with Crippen LogP contribution in [0.4, 0.5) is 5.95 Å². The van der Waals surface area contributed by atoms with Crippen LogP contribution in [0.2, 0.25) is 0 Å².